The van der Waals surface area contributed by atoms with E-state index in [1.165, 1.54) is 0 Å². The number of nitrogens with zero attached hydrogens (tertiary/aromatic N) is 1. The zero-order chi connectivity index (χ0) is 15.8. The summed E-state index contributed by atoms with van der Waals surface area (Å²) in [5.74, 6) is 0.435. The van der Waals surface area contributed by atoms with Crippen LogP contribution in [-0.2, 0) is 0 Å². The van der Waals surface area contributed by atoms with E-state index in [9.17, 15) is 4.79 Å². The molecule has 0 unspecified atom stereocenters. The predicted molar refractivity (Wildman–Crippen MR) is 88.6 cm³/mol. The van der Waals surface area contributed by atoms with Gasteiger partial charge in [0.05, 0.1) is 6.21 Å². The van der Waals surface area contributed by atoms with E-state index in [4.69, 9.17) is 16.3 Å². The molecule has 0 spiro atoms. The largest absolute Gasteiger partial charge is 0.490 e. The van der Waals surface area contributed by atoms with Crippen LogP contribution >= 0.6 is 11.6 Å². The van der Waals surface area contributed by atoms with Crippen LogP contribution in [0, 0.1) is 0 Å². The second-order valence-corrected chi connectivity index (χ2v) is 4.81. The molecule has 112 valence electrons. The zero-order valence-corrected chi connectivity index (χ0v) is 12.6. The van der Waals surface area contributed by atoms with E-state index in [1.54, 1.807) is 36.6 Å². The predicted octanol–water partition coefficient (Wildman–Crippen LogP) is 3.67. The second kappa shape index (κ2) is 8.00. The lowest BCUT2D eigenvalue weighted by molar-refractivity contribution is 0.0955. The highest BCUT2D eigenvalue weighted by molar-refractivity contribution is 6.30. The molecule has 2 aromatic rings. The van der Waals surface area contributed by atoms with Crippen molar-refractivity contribution >= 4 is 23.7 Å². The van der Waals surface area contributed by atoms with Crippen LogP contribution in [0.3, 0.4) is 0 Å². The third kappa shape index (κ3) is 4.75. The van der Waals surface area contributed by atoms with Gasteiger partial charge in [0.1, 0.15) is 12.4 Å². The van der Waals surface area contributed by atoms with Crippen LogP contribution in [0.15, 0.2) is 66.3 Å². The topological polar surface area (TPSA) is 50.7 Å². The van der Waals surface area contributed by atoms with E-state index >= 15 is 0 Å². The Morgan fingerprint density at radius 3 is 2.73 bits per heavy atom. The SMILES string of the molecule is C=CCOc1ccc(/C=N/NC(=O)c2cccc(Cl)c2)cc1. The van der Waals surface area contributed by atoms with Crippen LogP contribution in [0.1, 0.15) is 15.9 Å². The Morgan fingerprint density at radius 1 is 1.27 bits per heavy atom. The Bertz CT molecular complexity index is 681. The molecule has 0 aromatic heterocycles. The van der Waals surface area contributed by atoms with Gasteiger partial charge in [-0.3, -0.25) is 4.79 Å². The lowest BCUT2D eigenvalue weighted by atomic mass is 10.2. The second-order valence-electron chi connectivity index (χ2n) is 4.38. The van der Waals surface area contributed by atoms with E-state index in [0.29, 0.717) is 17.2 Å². The molecule has 5 heteroatoms. The summed E-state index contributed by atoms with van der Waals surface area (Å²) in [6, 6.07) is 14.0. The maximum Gasteiger partial charge on any atom is 0.271 e. The third-order valence-corrected chi connectivity index (χ3v) is 2.95. The summed E-state index contributed by atoms with van der Waals surface area (Å²) in [6.45, 7) is 4.05. The summed E-state index contributed by atoms with van der Waals surface area (Å²) in [5, 5.41) is 4.42. The molecule has 0 aliphatic rings. The van der Waals surface area contributed by atoms with Gasteiger partial charge in [-0.25, -0.2) is 5.43 Å². The Morgan fingerprint density at radius 2 is 2.05 bits per heavy atom. The molecule has 0 atom stereocenters. The number of benzene rings is 2. The molecular formula is C17H15ClN2O2. The number of halogens is 1. The molecule has 4 nitrogen and oxygen atoms in total. The standard InChI is InChI=1S/C17H15ClN2O2/c1-2-10-22-16-8-6-13(7-9-16)12-19-20-17(21)14-4-3-5-15(18)11-14/h2-9,11-12H,1,10H2,(H,20,21)/b19-12+. The van der Waals surface area contributed by atoms with Crippen molar-refractivity contribution in [2.24, 2.45) is 5.10 Å². The fourth-order valence-corrected chi connectivity index (χ4v) is 1.86. The summed E-state index contributed by atoms with van der Waals surface area (Å²) in [7, 11) is 0. The number of carbonyl (C=O) groups excluding carboxylic acids is 1. The van der Waals surface area contributed by atoms with Gasteiger partial charge in [0.2, 0.25) is 0 Å². The average Bonchev–Trinajstić information content (AvgIpc) is 2.54. The van der Waals surface area contributed by atoms with Gasteiger partial charge in [-0.2, -0.15) is 5.10 Å². The van der Waals surface area contributed by atoms with Crippen molar-refractivity contribution in [2.75, 3.05) is 6.61 Å². The van der Waals surface area contributed by atoms with Crippen LogP contribution in [0.25, 0.3) is 0 Å². The first-order chi connectivity index (χ1) is 10.7. The van der Waals surface area contributed by atoms with E-state index in [2.05, 4.69) is 17.1 Å². The van der Waals surface area contributed by atoms with Gasteiger partial charge in [0.25, 0.3) is 5.91 Å². The molecule has 22 heavy (non-hydrogen) atoms. The number of hydrogen-bond donors (Lipinski definition) is 1. The summed E-state index contributed by atoms with van der Waals surface area (Å²) >= 11 is 5.83. The number of hydrogen-bond acceptors (Lipinski definition) is 3. The van der Waals surface area contributed by atoms with E-state index < -0.39 is 0 Å². The quantitative estimate of drug-likeness (QED) is 0.502. The van der Waals surface area contributed by atoms with Crippen molar-refractivity contribution in [3.05, 3.63) is 77.3 Å². The van der Waals surface area contributed by atoms with E-state index in [0.717, 1.165) is 11.3 Å². The Hall–Kier alpha value is -2.59. The first-order valence-corrected chi connectivity index (χ1v) is 6.99. The van der Waals surface area contributed by atoms with Crippen molar-refractivity contribution in [3.8, 4) is 5.75 Å². The molecule has 1 amide bonds. The fraction of sp³-hybridized carbons (Fsp3) is 0.0588. The lowest BCUT2D eigenvalue weighted by Crippen LogP contribution is -2.17. The Kier molecular flexibility index (Phi) is 5.74. The lowest BCUT2D eigenvalue weighted by Gasteiger charge is -2.03. The number of rotatable bonds is 6. The molecular weight excluding hydrogens is 300 g/mol. The first-order valence-electron chi connectivity index (χ1n) is 6.62. The van der Waals surface area contributed by atoms with Gasteiger partial charge in [0.15, 0.2) is 0 Å². The van der Waals surface area contributed by atoms with E-state index in [-0.39, 0.29) is 5.91 Å². The number of carbonyl (C=O) groups is 1. The number of nitrogens with one attached hydrogen (secondary N) is 1. The molecule has 1 N–H and O–H groups in total. The third-order valence-electron chi connectivity index (χ3n) is 2.71. The molecule has 0 aliphatic heterocycles. The highest BCUT2D eigenvalue weighted by atomic mass is 35.5. The van der Waals surface area contributed by atoms with Crippen LogP contribution < -0.4 is 10.2 Å². The molecule has 2 rings (SSSR count). The monoisotopic (exact) mass is 314 g/mol. The normalized spacial score (nSPS) is 10.4. The first kappa shape index (κ1) is 15.8. The van der Waals surface area contributed by atoms with Gasteiger partial charge in [-0.05, 0) is 48.0 Å². The van der Waals surface area contributed by atoms with Gasteiger partial charge < -0.3 is 4.74 Å². The number of hydrazone groups is 1. The zero-order valence-electron chi connectivity index (χ0n) is 11.8. The molecule has 0 saturated carbocycles. The Balaban J connectivity index is 1.91. The number of amides is 1. The van der Waals surface area contributed by atoms with Crippen LogP contribution in [0.2, 0.25) is 5.02 Å². The van der Waals surface area contributed by atoms with Gasteiger partial charge in [0, 0.05) is 10.6 Å². The van der Waals surface area contributed by atoms with Crippen molar-refractivity contribution in [1.82, 2.24) is 5.43 Å². The van der Waals surface area contributed by atoms with Crippen molar-refractivity contribution in [1.29, 1.82) is 0 Å². The van der Waals surface area contributed by atoms with Gasteiger partial charge in [-0.15, -0.1) is 0 Å². The van der Waals surface area contributed by atoms with Crippen molar-refractivity contribution < 1.29 is 9.53 Å². The molecule has 0 saturated heterocycles. The number of ether oxygens (including phenoxy) is 1. The summed E-state index contributed by atoms with van der Waals surface area (Å²) < 4.78 is 5.38. The maximum atomic E-state index is 11.8. The van der Waals surface area contributed by atoms with E-state index in [1.807, 2.05) is 24.3 Å². The minimum absolute atomic E-state index is 0.315. The minimum Gasteiger partial charge on any atom is -0.490 e. The maximum absolute atomic E-state index is 11.8. The molecule has 0 aliphatic carbocycles. The van der Waals surface area contributed by atoms with Crippen molar-refractivity contribution in [2.45, 2.75) is 0 Å². The highest BCUT2D eigenvalue weighted by Crippen LogP contribution is 2.11. The summed E-state index contributed by atoms with van der Waals surface area (Å²) in [6.07, 6.45) is 3.24. The van der Waals surface area contributed by atoms with Crippen LogP contribution in [0.4, 0.5) is 0 Å². The fourth-order valence-electron chi connectivity index (χ4n) is 1.66. The molecule has 0 bridgehead atoms. The average molecular weight is 315 g/mol. The van der Waals surface area contributed by atoms with Crippen molar-refractivity contribution in [3.63, 3.8) is 0 Å². The minimum atomic E-state index is -0.315. The molecule has 2 aromatic carbocycles. The molecule has 0 heterocycles. The van der Waals surface area contributed by atoms with Gasteiger partial charge >= 0.3 is 0 Å². The molecule has 0 fully saturated rings. The van der Waals surface area contributed by atoms with Crippen LogP contribution in [-0.4, -0.2) is 18.7 Å². The molecule has 0 radical (unpaired) electrons. The summed E-state index contributed by atoms with van der Waals surface area (Å²) in [5.41, 5.74) is 3.75. The smallest absolute Gasteiger partial charge is 0.271 e. The van der Waals surface area contributed by atoms with Gasteiger partial charge in [-0.1, -0.05) is 30.3 Å². The highest BCUT2D eigenvalue weighted by Gasteiger charge is 2.03. The summed E-state index contributed by atoms with van der Waals surface area (Å²) in [4.78, 5) is 11.8. The van der Waals surface area contributed by atoms with Crippen LogP contribution in [0.5, 0.6) is 5.75 Å². The Labute approximate surface area is 134 Å².